The Morgan fingerprint density at radius 1 is 1.12 bits per heavy atom. The van der Waals surface area contributed by atoms with E-state index in [1.807, 2.05) is 47.4 Å². The zero-order valence-electron chi connectivity index (χ0n) is 14.5. The Kier molecular flexibility index (Phi) is 5.87. The standard InChI is InChI=1S/C20H24N2O2S/c1-25(24)15-16-6-5-7-17(14-16)20(23)22-12-10-19(11-13-22)21-18-8-3-2-4-9-18/h2-9,14,19,21H,10-13,15H2,1H3/t25-/m1/s1. The van der Waals surface area contributed by atoms with Crippen LogP contribution in [0.4, 0.5) is 5.69 Å². The lowest BCUT2D eigenvalue weighted by Gasteiger charge is -2.33. The van der Waals surface area contributed by atoms with Crippen molar-refractivity contribution in [2.75, 3.05) is 24.7 Å². The van der Waals surface area contributed by atoms with E-state index in [0.29, 0.717) is 17.4 Å². The van der Waals surface area contributed by atoms with Crippen molar-refractivity contribution in [3.05, 3.63) is 65.7 Å². The van der Waals surface area contributed by atoms with Gasteiger partial charge in [0.2, 0.25) is 0 Å². The summed E-state index contributed by atoms with van der Waals surface area (Å²) in [6.45, 7) is 1.51. The van der Waals surface area contributed by atoms with Crippen molar-refractivity contribution in [3.63, 3.8) is 0 Å². The highest BCUT2D eigenvalue weighted by molar-refractivity contribution is 7.83. The first kappa shape index (κ1) is 17.7. The number of anilines is 1. The van der Waals surface area contributed by atoms with Crippen LogP contribution in [0, 0.1) is 0 Å². The molecule has 2 aromatic carbocycles. The third kappa shape index (κ3) is 4.92. The highest BCUT2D eigenvalue weighted by Gasteiger charge is 2.23. The second-order valence-electron chi connectivity index (χ2n) is 6.49. The molecule has 0 saturated carbocycles. The van der Waals surface area contributed by atoms with Crippen LogP contribution in [0.3, 0.4) is 0 Å². The maximum Gasteiger partial charge on any atom is 0.253 e. The molecule has 1 amide bonds. The Balaban J connectivity index is 1.57. The quantitative estimate of drug-likeness (QED) is 0.894. The maximum absolute atomic E-state index is 12.7. The Hall–Kier alpha value is -2.14. The number of benzene rings is 2. The third-order valence-electron chi connectivity index (χ3n) is 4.47. The Labute approximate surface area is 151 Å². The topological polar surface area (TPSA) is 49.4 Å². The molecule has 132 valence electrons. The van der Waals surface area contributed by atoms with Gasteiger partial charge >= 0.3 is 0 Å². The molecule has 1 heterocycles. The molecule has 5 heteroatoms. The van der Waals surface area contributed by atoms with Crippen molar-refractivity contribution in [2.24, 2.45) is 0 Å². The number of para-hydroxylation sites is 1. The van der Waals surface area contributed by atoms with Gasteiger partial charge in [-0.25, -0.2) is 0 Å². The molecule has 1 saturated heterocycles. The van der Waals surface area contributed by atoms with Crippen LogP contribution in [0.1, 0.15) is 28.8 Å². The van der Waals surface area contributed by atoms with E-state index in [0.717, 1.165) is 37.2 Å². The van der Waals surface area contributed by atoms with Gasteiger partial charge in [-0.2, -0.15) is 0 Å². The van der Waals surface area contributed by atoms with Crippen molar-refractivity contribution in [1.82, 2.24) is 4.90 Å². The van der Waals surface area contributed by atoms with Crippen molar-refractivity contribution >= 4 is 22.4 Å². The van der Waals surface area contributed by atoms with Gasteiger partial charge in [0.05, 0.1) is 0 Å². The fourth-order valence-electron chi connectivity index (χ4n) is 3.21. The molecule has 1 fully saturated rings. The first-order valence-electron chi connectivity index (χ1n) is 8.61. The summed E-state index contributed by atoms with van der Waals surface area (Å²) in [5, 5.41) is 3.54. The molecule has 0 spiro atoms. The highest BCUT2D eigenvalue weighted by atomic mass is 32.2. The van der Waals surface area contributed by atoms with Crippen molar-refractivity contribution in [2.45, 2.75) is 24.6 Å². The molecule has 2 aromatic rings. The minimum atomic E-state index is -0.900. The molecule has 1 N–H and O–H groups in total. The first-order valence-corrected chi connectivity index (χ1v) is 10.3. The van der Waals surface area contributed by atoms with Crippen LogP contribution in [-0.4, -0.2) is 40.4 Å². The van der Waals surface area contributed by atoms with Crippen LogP contribution in [0.2, 0.25) is 0 Å². The van der Waals surface area contributed by atoms with E-state index in [4.69, 9.17) is 0 Å². The largest absolute Gasteiger partial charge is 0.382 e. The Bertz CT molecular complexity index is 740. The molecule has 0 bridgehead atoms. The van der Waals surface area contributed by atoms with Crippen molar-refractivity contribution < 1.29 is 9.00 Å². The molecule has 3 rings (SSSR count). The van der Waals surface area contributed by atoms with E-state index >= 15 is 0 Å². The molecular weight excluding hydrogens is 332 g/mol. The van der Waals surface area contributed by atoms with Gasteiger partial charge in [0.15, 0.2) is 0 Å². The molecule has 25 heavy (non-hydrogen) atoms. The SMILES string of the molecule is C[S@@](=O)Cc1cccc(C(=O)N2CCC(Nc3ccccc3)CC2)c1. The van der Waals surface area contributed by atoms with Gasteiger partial charge in [0, 0.05) is 53.2 Å². The van der Waals surface area contributed by atoms with Crippen LogP contribution in [0.25, 0.3) is 0 Å². The lowest BCUT2D eigenvalue weighted by Crippen LogP contribution is -2.42. The minimum absolute atomic E-state index is 0.0712. The zero-order valence-corrected chi connectivity index (χ0v) is 15.3. The molecule has 4 nitrogen and oxygen atoms in total. The fraction of sp³-hybridized carbons (Fsp3) is 0.350. The summed E-state index contributed by atoms with van der Waals surface area (Å²) in [5.41, 5.74) is 2.78. The van der Waals surface area contributed by atoms with Gasteiger partial charge in [0.1, 0.15) is 0 Å². The number of piperidine rings is 1. The summed E-state index contributed by atoms with van der Waals surface area (Å²) in [5.74, 6) is 0.561. The van der Waals surface area contributed by atoms with Crippen LogP contribution >= 0.6 is 0 Å². The van der Waals surface area contributed by atoms with E-state index in [1.54, 1.807) is 6.26 Å². The number of hydrogen-bond acceptors (Lipinski definition) is 3. The summed E-state index contributed by atoms with van der Waals surface area (Å²) >= 11 is 0. The highest BCUT2D eigenvalue weighted by Crippen LogP contribution is 2.19. The number of nitrogens with zero attached hydrogens (tertiary/aromatic N) is 1. The monoisotopic (exact) mass is 356 g/mol. The van der Waals surface area contributed by atoms with Gasteiger partial charge < -0.3 is 10.2 Å². The number of amides is 1. The van der Waals surface area contributed by atoms with Crippen LogP contribution in [0.5, 0.6) is 0 Å². The summed E-state index contributed by atoms with van der Waals surface area (Å²) < 4.78 is 11.4. The molecule has 0 radical (unpaired) electrons. The lowest BCUT2D eigenvalue weighted by atomic mass is 10.0. The normalized spacial score (nSPS) is 16.4. The molecule has 0 unspecified atom stereocenters. The van der Waals surface area contributed by atoms with E-state index in [2.05, 4.69) is 17.4 Å². The fourth-order valence-corrected chi connectivity index (χ4v) is 3.86. The number of nitrogens with one attached hydrogen (secondary N) is 1. The predicted molar refractivity (Wildman–Crippen MR) is 103 cm³/mol. The first-order chi connectivity index (χ1) is 12.1. The lowest BCUT2D eigenvalue weighted by molar-refractivity contribution is 0.0718. The summed E-state index contributed by atoms with van der Waals surface area (Å²) in [6, 6.07) is 18.1. The smallest absolute Gasteiger partial charge is 0.253 e. The third-order valence-corrected chi connectivity index (χ3v) is 5.21. The molecule has 1 atom stereocenters. The second-order valence-corrected chi connectivity index (χ2v) is 7.93. The molecular formula is C20H24N2O2S. The Morgan fingerprint density at radius 2 is 1.84 bits per heavy atom. The molecule has 0 aromatic heterocycles. The summed E-state index contributed by atoms with van der Waals surface area (Å²) in [4.78, 5) is 14.7. The van der Waals surface area contributed by atoms with Crippen LogP contribution in [-0.2, 0) is 16.6 Å². The zero-order chi connectivity index (χ0) is 17.6. The van der Waals surface area contributed by atoms with Gasteiger partial charge in [0.25, 0.3) is 5.91 Å². The van der Waals surface area contributed by atoms with Crippen LogP contribution in [0.15, 0.2) is 54.6 Å². The van der Waals surface area contributed by atoms with E-state index in [-0.39, 0.29) is 5.91 Å². The number of hydrogen-bond donors (Lipinski definition) is 1. The molecule has 1 aliphatic heterocycles. The maximum atomic E-state index is 12.7. The summed E-state index contributed by atoms with van der Waals surface area (Å²) in [7, 11) is -0.900. The van der Waals surface area contributed by atoms with Gasteiger partial charge in [-0.3, -0.25) is 9.00 Å². The van der Waals surface area contributed by atoms with Crippen molar-refractivity contribution in [3.8, 4) is 0 Å². The second kappa shape index (κ2) is 8.30. The minimum Gasteiger partial charge on any atom is -0.382 e. The van der Waals surface area contributed by atoms with Crippen LogP contribution < -0.4 is 5.32 Å². The van der Waals surface area contributed by atoms with Gasteiger partial charge in [-0.15, -0.1) is 0 Å². The number of rotatable bonds is 5. The predicted octanol–water partition coefficient (Wildman–Crippen LogP) is 3.28. The number of likely N-dealkylation sites (tertiary alicyclic amines) is 1. The van der Waals surface area contributed by atoms with E-state index in [9.17, 15) is 9.00 Å². The molecule has 1 aliphatic rings. The molecule has 0 aliphatic carbocycles. The van der Waals surface area contributed by atoms with E-state index < -0.39 is 10.8 Å². The average molecular weight is 356 g/mol. The number of carbonyl (C=O) groups excluding carboxylic acids is 1. The van der Waals surface area contributed by atoms with Crippen molar-refractivity contribution in [1.29, 1.82) is 0 Å². The Morgan fingerprint density at radius 3 is 2.52 bits per heavy atom. The average Bonchev–Trinajstić information content (AvgIpc) is 2.62. The van der Waals surface area contributed by atoms with Gasteiger partial charge in [-0.1, -0.05) is 30.3 Å². The van der Waals surface area contributed by atoms with E-state index in [1.165, 1.54) is 0 Å². The van der Waals surface area contributed by atoms with Gasteiger partial charge in [-0.05, 0) is 42.7 Å². The summed E-state index contributed by atoms with van der Waals surface area (Å²) in [6.07, 6.45) is 3.57. The number of carbonyl (C=O) groups is 1.